The molecule has 6 nitrogen and oxygen atoms in total. The zero-order valence-electron chi connectivity index (χ0n) is 9.86. The average Bonchev–Trinajstić information content (AvgIpc) is 2.25. The first-order valence-electron chi connectivity index (χ1n) is 4.96. The molecule has 0 aromatic carbocycles. The lowest BCUT2D eigenvalue weighted by Crippen LogP contribution is -2.28. The van der Waals surface area contributed by atoms with Gasteiger partial charge in [0.2, 0.25) is 0 Å². The fraction of sp³-hybridized carbons (Fsp3) is 0.636. The van der Waals surface area contributed by atoms with Gasteiger partial charge in [0.05, 0.1) is 25.4 Å². The number of nitrogens with zero attached hydrogens (tertiary/aromatic N) is 2. The Morgan fingerprint density at radius 1 is 1.00 bits per heavy atom. The maximum atomic E-state index is 10.9. The van der Waals surface area contributed by atoms with Crippen LogP contribution in [0.25, 0.3) is 0 Å². The monoisotopic (exact) mass is 238 g/mol. The van der Waals surface area contributed by atoms with Crippen LogP contribution in [0, 0.1) is 28.1 Å². The van der Waals surface area contributed by atoms with Crippen LogP contribution >= 0.6 is 0 Å². The molecule has 17 heavy (non-hydrogen) atoms. The lowest BCUT2D eigenvalue weighted by Gasteiger charge is -2.23. The van der Waals surface area contributed by atoms with Crippen LogP contribution in [0.15, 0.2) is 0 Å². The van der Waals surface area contributed by atoms with E-state index in [2.05, 4.69) is 0 Å². The number of rotatable bonds is 6. The van der Waals surface area contributed by atoms with Gasteiger partial charge in [-0.25, -0.2) is 0 Å². The van der Waals surface area contributed by atoms with Crippen LogP contribution in [0.4, 0.5) is 0 Å². The van der Waals surface area contributed by atoms with E-state index in [4.69, 9.17) is 20.0 Å². The number of nitriles is 2. The van der Waals surface area contributed by atoms with Crippen molar-refractivity contribution in [3.63, 3.8) is 0 Å². The number of ether oxygens (including phenoxy) is 2. The predicted molar refractivity (Wildman–Crippen MR) is 56.2 cm³/mol. The summed E-state index contributed by atoms with van der Waals surface area (Å²) in [5, 5.41) is 16.5. The quantitative estimate of drug-likeness (QED) is 0.638. The topological polar surface area (TPSA) is 100 Å². The van der Waals surface area contributed by atoms with Crippen molar-refractivity contribution >= 4 is 11.9 Å². The van der Waals surface area contributed by atoms with Crippen molar-refractivity contribution in [1.29, 1.82) is 10.5 Å². The molecular formula is C11H14N2O4. The third-order valence-electron chi connectivity index (χ3n) is 1.69. The minimum absolute atomic E-state index is 0.0490. The summed E-state index contributed by atoms with van der Waals surface area (Å²) in [6, 6.07) is 3.35. The Morgan fingerprint density at radius 3 is 1.65 bits per heavy atom. The first-order chi connectivity index (χ1) is 7.91. The molecule has 0 aromatic heterocycles. The molecule has 0 N–H and O–H groups in total. The zero-order valence-corrected chi connectivity index (χ0v) is 9.86. The third-order valence-corrected chi connectivity index (χ3v) is 1.69. The molecule has 0 amide bonds. The molecule has 0 bridgehead atoms. The fourth-order valence-electron chi connectivity index (χ4n) is 0.825. The van der Waals surface area contributed by atoms with E-state index in [-0.39, 0.29) is 26.1 Å². The lowest BCUT2D eigenvalue weighted by atomic mass is 9.96. The van der Waals surface area contributed by atoms with Crippen LogP contribution in [0.2, 0.25) is 0 Å². The first-order valence-corrected chi connectivity index (χ1v) is 4.96. The smallest absolute Gasteiger partial charge is 0.320 e. The Balaban J connectivity index is 3.96. The minimum atomic E-state index is -0.607. The van der Waals surface area contributed by atoms with Crippen molar-refractivity contribution in [3.05, 3.63) is 0 Å². The van der Waals surface area contributed by atoms with E-state index in [1.54, 1.807) is 26.0 Å². The van der Waals surface area contributed by atoms with Gasteiger partial charge in [-0.3, -0.25) is 9.59 Å². The van der Waals surface area contributed by atoms with E-state index in [0.717, 1.165) is 0 Å². The molecule has 0 heterocycles. The Labute approximate surface area is 99.7 Å². The molecule has 0 rings (SSSR count). The summed E-state index contributed by atoms with van der Waals surface area (Å²) in [6.07, 6.45) is -0.603. The molecule has 0 spiro atoms. The molecule has 6 heteroatoms. The van der Waals surface area contributed by atoms with Crippen LogP contribution in [-0.2, 0) is 19.1 Å². The zero-order chi connectivity index (χ0) is 13.3. The van der Waals surface area contributed by atoms with Gasteiger partial charge < -0.3 is 9.47 Å². The van der Waals surface area contributed by atoms with E-state index in [0.29, 0.717) is 0 Å². The van der Waals surface area contributed by atoms with Crippen molar-refractivity contribution < 1.29 is 19.1 Å². The molecule has 0 fully saturated rings. The molecule has 0 aliphatic heterocycles. The highest BCUT2D eigenvalue weighted by Gasteiger charge is 2.22. The van der Waals surface area contributed by atoms with Crippen molar-refractivity contribution in [2.45, 2.75) is 26.7 Å². The molecule has 0 unspecified atom stereocenters. The number of carbonyl (C=O) groups is 2. The Hall–Kier alpha value is -2.08. The van der Waals surface area contributed by atoms with Gasteiger partial charge in [-0.2, -0.15) is 10.5 Å². The molecule has 0 aromatic rings. The second-order valence-electron chi connectivity index (χ2n) is 4.16. The minimum Gasteiger partial charge on any atom is -0.464 e. The van der Waals surface area contributed by atoms with Gasteiger partial charge in [-0.1, -0.05) is 13.8 Å². The molecule has 92 valence electrons. The summed E-state index contributed by atoms with van der Waals surface area (Å²) < 4.78 is 9.64. The summed E-state index contributed by atoms with van der Waals surface area (Å²) in [7, 11) is 0. The molecule has 0 atom stereocenters. The van der Waals surface area contributed by atoms with E-state index in [1.165, 1.54) is 0 Å². The van der Waals surface area contributed by atoms with Crippen molar-refractivity contribution in [1.82, 2.24) is 0 Å². The van der Waals surface area contributed by atoms with E-state index in [9.17, 15) is 9.59 Å². The van der Waals surface area contributed by atoms with Crippen molar-refractivity contribution in [2.24, 2.45) is 5.41 Å². The summed E-state index contributed by atoms with van der Waals surface area (Å²) in [6.45, 7) is 3.58. The molecule has 0 aliphatic rings. The van der Waals surface area contributed by atoms with Crippen LogP contribution in [-0.4, -0.2) is 25.2 Å². The third kappa shape index (κ3) is 7.80. The van der Waals surface area contributed by atoms with Crippen LogP contribution in [0.1, 0.15) is 26.7 Å². The summed E-state index contributed by atoms with van der Waals surface area (Å²) in [5.41, 5.74) is -0.545. The molecular weight excluding hydrogens is 224 g/mol. The SMILES string of the molecule is CC(C)(COC(=O)CC#N)COC(=O)CC#N. The van der Waals surface area contributed by atoms with E-state index >= 15 is 0 Å². The predicted octanol–water partition coefficient (Wildman–Crippen LogP) is 0.926. The number of hydrogen-bond acceptors (Lipinski definition) is 6. The average molecular weight is 238 g/mol. The van der Waals surface area contributed by atoms with Gasteiger partial charge >= 0.3 is 11.9 Å². The Morgan fingerprint density at radius 2 is 1.35 bits per heavy atom. The fourth-order valence-corrected chi connectivity index (χ4v) is 0.825. The second-order valence-corrected chi connectivity index (χ2v) is 4.16. The van der Waals surface area contributed by atoms with Gasteiger partial charge in [0.25, 0.3) is 0 Å². The second kappa shape index (κ2) is 7.24. The Bertz CT molecular complexity index is 329. The summed E-state index contributed by atoms with van der Waals surface area (Å²) in [5.74, 6) is -1.21. The standard InChI is InChI=1S/C11H14N2O4/c1-11(2,7-16-9(14)3-5-12)8-17-10(15)4-6-13/h3-4,7-8H2,1-2H3. The number of carbonyl (C=O) groups excluding carboxylic acids is 2. The van der Waals surface area contributed by atoms with Crippen LogP contribution in [0.5, 0.6) is 0 Å². The van der Waals surface area contributed by atoms with Gasteiger partial charge in [-0.15, -0.1) is 0 Å². The van der Waals surface area contributed by atoms with E-state index < -0.39 is 17.4 Å². The van der Waals surface area contributed by atoms with Crippen LogP contribution < -0.4 is 0 Å². The number of esters is 2. The van der Waals surface area contributed by atoms with Gasteiger partial charge in [-0.05, 0) is 0 Å². The normalized spacial score (nSPS) is 9.88. The molecule has 0 saturated heterocycles. The maximum Gasteiger partial charge on any atom is 0.320 e. The number of hydrogen-bond donors (Lipinski definition) is 0. The lowest BCUT2D eigenvalue weighted by molar-refractivity contribution is -0.151. The summed E-state index contributed by atoms with van der Waals surface area (Å²) in [4.78, 5) is 21.9. The van der Waals surface area contributed by atoms with Gasteiger partial charge in [0.1, 0.15) is 12.8 Å². The van der Waals surface area contributed by atoms with Crippen molar-refractivity contribution in [2.75, 3.05) is 13.2 Å². The first kappa shape index (κ1) is 14.9. The van der Waals surface area contributed by atoms with Crippen molar-refractivity contribution in [3.8, 4) is 12.1 Å². The largest absolute Gasteiger partial charge is 0.464 e. The molecule has 0 saturated carbocycles. The maximum absolute atomic E-state index is 10.9. The molecule has 0 aliphatic carbocycles. The van der Waals surface area contributed by atoms with Crippen LogP contribution in [0.3, 0.4) is 0 Å². The van der Waals surface area contributed by atoms with E-state index in [1.807, 2.05) is 0 Å². The highest BCUT2D eigenvalue weighted by atomic mass is 16.5. The Kier molecular flexibility index (Phi) is 6.35. The highest BCUT2D eigenvalue weighted by Crippen LogP contribution is 2.16. The van der Waals surface area contributed by atoms with Gasteiger partial charge in [0.15, 0.2) is 0 Å². The highest BCUT2D eigenvalue weighted by molar-refractivity contribution is 5.72. The molecule has 0 radical (unpaired) electrons. The summed E-state index contributed by atoms with van der Waals surface area (Å²) >= 11 is 0. The van der Waals surface area contributed by atoms with Gasteiger partial charge in [0, 0.05) is 5.41 Å².